The van der Waals surface area contributed by atoms with Crippen LogP contribution in [-0.2, 0) is 9.59 Å². The first-order chi connectivity index (χ1) is 11.8. The molecule has 0 aliphatic carbocycles. The van der Waals surface area contributed by atoms with Crippen LogP contribution < -0.4 is 10.6 Å². The van der Waals surface area contributed by atoms with E-state index in [-0.39, 0.29) is 24.9 Å². The summed E-state index contributed by atoms with van der Waals surface area (Å²) in [6, 6.07) is 12.8. The van der Waals surface area contributed by atoms with Gasteiger partial charge in [-0.3, -0.25) is 14.5 Å². The molecule has 0 unspecified atom stereocenters. The van der Waals surface area contributed by atoms with Gasteiger partial charge < -0.3 is 10.6 Å². The molecule has 2 rings (SSSR count). The maximum Gasteiger partial charge on any atom is 0.238 e. The molecule has 0 aromatic heterocycles. The molecule has 0 fully saturated rings. The van der Waals surface area contributed by atoms with E-state index in [0.717, 1.165) is 11.3 Å². The molecule has 2 aromatic carbocycles. The van der Waals surface area contributed by atoms with Crippen LogP contribution in [0.4, 0.5) is 11.4 Å². The molecule has 5 nitrogen and oxygen atoms in total. The minimum Gasteiger partial charge on any atom is -0.325 e. The highest BCUT2D eigenvalue weighted by Crippen LogP contribution is 2.20. The van der Waals surface area contributed by atoms with Crippen molar-refractivity contribution in [2.75, 3.05) is 30.8 Å². The molecule has 25 heavy (non-hydrogen) atoms. The Kier molecular flexibility index (Phi) is 6.56. The number of amides is 2. The van der Waals surface area contributed by atoms with Crippen molar-refractivity contribution in [3.05, 3.63) is 58.6 Å². The van der Waals surface area contributed by atoms with Crippen LogP contribution in [0.25, 0.3) is 0 Å². The third-order valence-corrected chi connectivity index (χ3v) is 4.10. The van der Waals surface area contributed by atoms with Crippen LogP contribution in [-0.4, -0.2) is 36.9 Å². The van der Waals surface area contributed by atoms with Crippen LogP contribution in [0.1, 0.15) is 11.1 Å². The number of anilines is 2. The number of benzene rings is 2. The average Bonchev–Trinajstić information content (AvgIpc) is 2.52. The Hall–Kier alpha value is -2.37. The molecular weight excluding hydrogens is 338 g/mol. The van der Waals surface area contributed by atoms with Crippen LogP contribution >= 0.6 is 11.6 Å². The molecule has 0 saturated carbocycles. The SMILES string of the molecule is Cc1ccc(NC(=O)CN(C)CC(=O)Nc2ccccc2Cl)cc1C. The Labute approximate surface area is 153 Å². The number of halogens is 1. The molecule has 2 N–H and O–H groups in total. The number of likely N-dealkylation sites (N-methyl/N-ethyl adjacent to an activating group) is 1. The summed E-state index contributed by atoms with van der Waals surface area (Å²) >= 11 is 6.01. The number of rotatable bonds is 6. The van der Waals surface area contributed by atoms with Crippen LogP contribution in [0.15, 0.2) is 42.5 Å². The molecule has 0 bridgehead atoms. The summed E-state index contributed by atoms with van der Waals surface area (Å²) in [5, 5.41) is 6.05. The molecule has 0 aliphatic rings. The van der Waals surface area contributed by atoms with Crippen molar-refractivity contribution >= 4 is 34.8 Å². The number of hydrogen-bond acceptors (Lipinski definition) is 3. The van der Waals surface area contributed by atoms with Gasteiger partial charge in [0, 0.05) is 5.69 Å². The van der Waals surface area contributed by atoms with Crippen LogP contribution in [0.3, 0.4) is 0 Å². The largest absolute Gasteiger partial charge is 0.325 e. The van der Waals surface area contributed by atoms with Gasteiger partial charge in [-0.05, 0) is 56.3 Å². The maximum atomic E-state index is 12.1. The van der Waals surface area contributed by atoms with E-state index < -0.39 is 0 Å². The number of nitrogens with zero attached hydrogens (tertiary/aromatic N) is 1. The zero-order chi connectivity index (χ0) is 18.4. The first kappa shape index (κ1) is 19.0. The lowest BCUT2D eigenvalue weighted by molar-refractivity contribution is -0.119. The van der Waals surface area contributed by atoms with Crippen molar-refractivity contribution in [2.24, 2.45) is 0 Å². The minimum atomic E-state index is -0.227. The van der Waals surface area contributed by atoms with Crippen molar-refractivity contribution in [1.82, 2.24) is 4.90 Å². The van der Waals surface area contributed by atoms with Gasteiger partial charge in [-0.1, -0.05) is 29.8 Å². The smallest absolute Gasteiger partial charge is 0.238 e. The molecule has 2 amide bonds. The predicted octanol–water partition coefficient (Wildman–Crippen LogP) is 3.47. The molecule has 0 atom stereocenters. The molecular formula is C19H22ClN3O2. The van der Waals surface area contributed by atoms with Gasteiger partial charge in [-0.15, -0.1) is 0 Å². The highest BCUT2D eigenvalue weighted by atomic mass is 35.5. The molecule has 0 spiro atoms. The highest BCUT2D eigenvalue weighted by molar-refractivity contribution is 6.33. The lowest BCUT2D eigenvalue weighted by Gasteiger charge is -2.16. The number of para-hydroxylation sites is 1. The third-order valence-electron chi connectivity index (χ3n) is 3.77. The minimum absolute atomic E-state index is 0.0889. The average molecular weight is 360 g/mol. The summed E-state index contributed by atoms with van der Waals surface area (Å²) in [7, 11) is 1.71. The van der Waals surface area contributed by atoms with Gasteiger partial charge in [0.15, 0.2) is 0 Å². The van der Waals surface area contributed by atoms with Crippen LogP contribution in [0.5, 0.6) is 0 Å². The second-order valence-electron chi connectivity index (χ2n) is 6.05. The fraction of sp³-hybridized carbons (Fsp3) is 0.263. The van der Waals surface area contributed by atoms with Gasteiger partial charge >= 0.3 is 0 Å². The molecule has 0 aliphatic heterocycles. The Bertz CT molecular complexity index is 777. The Morgan fingerprint density at radius 1 is 0.960 bits per heavy atom. The first-order valence-corrected chi connectivity index (χ1v) is 8.33. The van der Waals surface area contributed by atoms with E-state index in [2.05, 4.69) is 10.6 Å². The summed E-state index contributed by atoms with van der Waals surface area (Å²) < 4.78 is 0. The molecule has 6 heteroatoms. The van der Waals surface area contributed by atoms with E-state index in [0.29, 0.717) is 10.7 Å². The standard InChI is InChI=1S/C19H22ClN3O2/c1-13-8-9-15(10-14(13)2)21-18(24)11-23(3)12-19(25)22-17-7-5-4-6-16(17)20/h4-10H,11-12H2,1-3H3,(H,21,24)(H,22,25). The fourth-order valence-electron chi connectivity index (χ4n) is 2.32. The number of carbonyl (C=O) groups is 2. The molecule has 0 saturated heterocycles. The Balaban J connectivity index is 1.83. The van der Waals surface area contributed by atoms with Crippen molar-refractivity contribution in [3.63, 3.8) is 0 Å². The van der Waals surface area contributed by atoms with Crippen molar-refractivity contribution < 1.29 is 9.59 Å². The number of carbonyl (C=O) groups excluding carboxylic acids is 2. The zero-order valence-electron chi connectivity index (χ0n) is 14.6. The van der Waals surface area contributed by atoms with Crippen molar-refractivity contribution in [2.45, 2.75) is 13.8 Å². The third kappa shape index (κ3) is 5.89. The van der Waals surface area contributed by atoms with E-state index in [1.165, 1.54) is 5.56 Å². The maximum absolute atomic E-state index is 12.1. The van der Waals surface area contributed by atoms with Crippen LogP contribution in [0.2, 0.25) is 5.02 Å². The topological polar surface area (TPSA) is 61.4 Å². The Morgan fingerprint density at radius 2 is 1.60 bits per heavy atom. The van der Waals surface area contributed by atoms with Gasteiger partial charge in [-0.25, -0.2) is 0 Å². The first-order valence-electron chi connectivity index (χ1n) is 7.95. The van der Waals surface area contributed by atoms with Gasteiger partial charge in [-0.2, -0.15) is 0 Å². The summed E-state index contributed by atoms with van der Waals surface area (Å²) in [5.41, 5.74) is 3.60. The van der Waals surface area contributed by atoms with E-state index >= 15 is 0 Å². The van der Waals surface area contributed by atoms with E-state index in [9.17, 15) is 9.59 Å². The molecule has 2 aromatic rings. The number of aryl methyl sites for hydroxylation is 2. The predicted molar refractivity (Wildman–Crippen MR) is 102 cm³/mol. The summed E-state index contributed by atoms with van der Waals surface area (Å²) in [4.78, 5) is 25.8. The normalized spacial score (nSPS) is 10.6. The van der Waals surface area contributed by atoms with Crippen LogP contribution in [0, 0.1) is 13.8 Å². The van der Waals surface area contributed by atoms with Crippen molar-refractivity contribution in [3.8, 4) is 0 Å². The molecule has 132 valence electrons. The van der Waals surface area contributed by atoms with Crippen molar-refractivity contribution in [1.29, 1.82) is 0 Å². The highest BCUT2D eigenvalue weighted by Gasteiger charge is 2.12. The van der Waals surface area contributed by atoms with Gasteiger partial charge in [0.2, 0.25) is 11.8 Å². The Morgan fingerprint density at radius 3 is 2.24 bits per heavy atom. The summed E-state index contributed by atoms with van der Waals surface area (Å²) in [6.45, 7) is 4.22. The monoisotopic (exact) mass is 359 g/mol. The number of hydrogen-bond donors (Lipinski definition) is 2. The quantitative estimate of drug-likeness (QED) is 0.830. The van der Waals surface area contributed by atoms with E-state index in [1.54, 1.807) is 36.2 Å². The van der Waals surface area contributed by atoms with E-state index in [4.69, 9.17) is 11.6 Å². The fourth-order valence-corrected chi connectivity index (χ4v) is 2.50. The lowest BCUT2D eigenvalue weighted by atomic mass is 10.1. The second kappa shape index (κ2) is 8.65. The van der Waals surface area contributed by atoms with E-state index in [1.807, 2.05) is 32.0 Å². The van der Waals surface area contributed by atoms with Gasteiger partial charge in [0.25, 0.3) is 0 Å². The second-order valence-corrected chi connectivity index (χ2v) is 6.45. The summed E-state index contributed by atoms with van der Waals surface area (Å²) in [5.74, 6) is -0.397. The summed E-state index contributed by atoms with van der Waals surface area (Å²) in [6.07, 6.45) is 0. The number of nitrogens with one attached hydrogen (secondary N) is 2. The zero-order valence-corrected chi connectivity index (χ0v) is 15.4. The molecule has 0 radical (unpaired) electrons. The lowest BCUT2D eigenvalue weighted by Crippen LogP contribution is -2.36. The molecule has 0 heterocycles. The van der Waals surface area contributed by atoms with Gasteiger partial charge in [0.05, 0.1) is 23.8 Å². The van der Waals surface area contributed by atoms with Gasteiger partial charge in [0.1, 0.15) is 0 Å².